The molecule has 3 N–H and O–H groups in total. The van der Waals surface area contributed by atoms with Crippen molar-refractivity contribution in [3.8, 4) is 0 Å². The first-order chi connectivity index (χ1) is 12.1. The topological polar surface area (TPSA) is 88.7 Å². The molecule has 2 rings (SSSR count). The van der Waals surface area contributed by atoms with Crippen molar-refractivity contribution in [2.45, 2.75) is 19.8 Å². The van der Waals surface area contributed by atoms with Crippen LogP contribution in [0.4, 0.5) is 10.5 Å². The second-order valence-corrected chi connectivity index (χ2v) is 6.17. The van der Waals surface area contributed by atoms with Crippen LogP contribution in [0.5, 0.6) is 0 Å². The third kappa shape index (κ3) is 6.36. The minimum absolute atomic E-state index is 0.157. The molecule has 0 bridgehead atoms. The Balaban J connectivity index is 1.82. The molecule has 1 aliphatic rings. The summed E-state index contributed by atoms with van der Waals surface area (Å²) >= 11 is 0. The van der Waals surface area contributed by atoms with Gasteiger partial charge in [-0.1, -0.05) is 0 Å². The fourth-order valence-corrected chi connectivity index (χ4v) is 2.67. The molecule has 0 aromatic heterocycles. The Kier molecular flexibility index (Phi) is 7.69. The molecule has 0 aliphatic carbocycles. The zero-order valence-corrected chi connectivity index (χ0v) is 14.9. The van der Waals surface area contributed by atoms with Crippen LogP contribution in [0.25, 0.3) is 0 Å². The van der Waals surface area contributed by atoms with Gasteiger partial charge in [-0.05, 0) is 49.4 Å². The van der Waals surface area contributed by atoms with Gasteiger partial charge < -0.3 is 25.4 Å². The van der Waals surface area contributed by atoms with Crippen molar-refractivity contribution in [3.05, 3.63) is 29.3 Å². The number of urea groups is 1. The SMILES string of the molecule is COCCNC(=O)c1ccc(NC(=O)NCC2CCOCC2)c(C)c1. The molecular formula is C18H27N3O4. The Hall–Kier alpha value is -2.12. The summed E-state index contributed by atoms with van der Waals surface area (Å²) in [5, 5.41) is 8.51. The first-order valence-electron chi connectivity index (χ1n) is 8.60. The maximum absolute atomic E-state index is 12.1. The summed E-state index contributed by atoms with van der Waals surface area (Å²) in [6.07, 6.45) is 1.96. The highest BCUT2D eigenvalue weighted by Crippen LogP contribution is 2.17. The molecule has 0 unspecified atom stereocenters. The van der Waals surface area contributed by atoms with Crippen molar-refractivity contribution in [3.63, 3.8) is 0 Å². The summed E-state index contributed by atoms with van der Waals surface area (Å²) in [6, 6.07) is 4.97. The predicted molar refractivity (Wildman–Crippen MR) is 96.0 cm³/mol. The van der Waals surface area contributed by atoms with Crippen molar-refractivity contribution in [2.75, 3.05) is 45.3 Å². The van der Waals surface area contributed by atoms with E-state index in [2.05, 4.69) is 16.0 Å². The Labute approximate surface area is 148 Å². The quantitative estimate of drug-likeness (QED) is 0.656. The number of benzene rings is 1. The Bertz CT molecular complexity index is 586. The number of hydrogen-bond acceptors (Lipinski definition) is 4. The van der Waals surface area contributed by atoms with Crippen molar-refractivity contribution in [1.29, 1.82) is 0 Å². The molecule has 7 heteroatoms. The van der Waals surface area contributed by atoms with Gasteiger partial charge in [0.05, 0.1) is 6.61 Å². The lowest BCUT2D eigenvalue weighted by molar-refractivity contribution is 0.0671. The van der Waals surface area contributed by atoms with Crippen molar-refractivity contribution in [2.24, 2.45) is 5.92 Å². The summed E-state index contributed by atoms with van der Waals surface area (Å²) in [5.74, 6) is 0.314. The molecule has 25 heavy (non-hydrogen) atoms. The van der Waals surface area contributed by atoms with Crippen molar-refractivity contribution >= 4 is 17.6 Å². The van der Waals surface area contributed by atoms with Crippen LogP contribution in [-0.2, 0) is 9.47 Å². The van der Waals surface area contributed by atoms with Gasteiger partial charge in [-0.3, -0.25) is 4.79 Å². The molecule has 1 aromatic rings. The number of aryl methyl sites for hydroxylation is 1. The monoisotopic (exact) mass is 349 g/mol. The van der Waals surface area contributed by atoms with E-state index in [1.54, 1.807) is 25.3 Å². The van der Waals surface area contributed by atoms with Gasteiger partial charge in [0, 0.05) is 44.7 Å². The van der Waals surface area contributed by atoms with Crippen LogP contribution >= 0.6 is 0 Å². The second-order valence-electron chi connectivity index (χ2n) is 6.17. The fourth-order valence-electron chi connectivity index (χ4n) is 2.67. The maximum atomic E-state index is 12.1. The molecule has 0 spiro atoms. The summed E-state index contributed by atoms with van der Waals surface area (Å²) in [7, 11) is 1.59. The van der Waals surface area contributed by atoms with Gasteiger partial charge in [-0.2, -0.15) is 0 Å². The molecule has 138 valence electrons. The zero-order valence-electron chi connectivity index (χ0n) is 14.9. The minimum atomic E-state index is -0.230. The van der Waals surface area contributed by atoms with Gasteiger partial charge in [0.25, 0.3) is 5.91 Å². The number of rotatable bonds is 7. The molecular weight excluding hydrogens is 322 g/mol. The molecule has 1 fully saturated rings. The highest BCUT2D eigenvalue weighted by molar-refractivity contribution is 5.96. The van der Waals surface area contributed by atoms with Crippen molar-refractivity contribution < 1.29 is 19.1 Å². The number of carbonyl (C=O) groups is 2. The van der Waals surface area contributed by atoms with E-state index in [1.807, 2.05) is 6.92 Å². The molecule has 0 radical (unpaired) electrons. The highest BCUT2D eigenvalue weighted by Gasteiger charge is 2.15. The van der Waals surface area contributed by atoms with E-state index in [-0.39, 0.29) is 11.9 Å². The van der Waals surface area contributed by atoms with Crippen LogP contribution in [0.1, 0.15) is 28.8 Å². The molecule has 3 amide bonds. The summed E-state index contributed by atoms with van der Waals surface area (Å²) < 4.78 is 10.2. The Morgan fingerprint density at radius 3 is 2.68 bits per heavy atom. The van der Waals surface area contributed by atoms with E-state index in [4.69, 9.17) is 9.47 Å². The van der Waals surface area contributed by atoms with Gasteiger partial charge in [-0.15, -0.1) is 0 Å². The Morgan fingerprint density at radius 2 is 2.00 bits per heavy atom. The number of carbonyl (C=O) groups excluding carboxylic acids is 2. The van der Waals surface area contributed by atoms with Crippen LogP contribution in [-0.4, -0.2) is 52.0 Å². The van der Waals surface area contributed by atoms with E-state index in [0.717, 1.165) is 31.6 Å². The third-order valence-electron chi connectivity index (χ3n) is 4.22. The molecule has 7 nitrogen and oxygen atoms in total. The van der Waals surface area contributed by atoms with E-state index in [1.165, 1.54) is 0 Å². The van der Waals surface area contributed by atoms with E-state index < -0.39 is 0 Å². The zero-order chi connectivity index (χ0) is 18.1. The molecule has 1 heterocycles. The van der Waals surface area contributed by atoms with Crippen LogP contribution < -0.4 is 16.0 Å². The predicted octanol–water partition coefficient (Wildman–Crippen LogP) is 1.92. The largest absolute Gasteiger partial charge is 0.383 e. The lowest BCUT2D eigenvalue weighted by Crippen LogP contribution is -2.35. The van der Waals surface area contributed by atoms with E-state index in [0.29, 0.717) is 36.9 Å². The number of amides is 3. The average Bonchev–Trinajstić information content (AvgIpc) is 2.62. The van der Waals surface area contributed by atoms with Gasteiger partial charge in [-0.25, -0.2) is 4.79 Å². The normalized spacial score (nSPS) is 14.8. The van der Waals surface area contributed by atoms with Crippen LogP contribution in [0.3, 0.4) is 0 Å². The number of anilines is 1. The maximum Gasteiger partial charge on any atom is 0.319 e. The number of ether oxygens (including phenoxy) is 2. The van der Waals surface area contributed by atoms with Crippen LogP contribution in [0, 0.1) is 12.8 Å². The van der Waals surface area contributed by atoms with Crippen molar-refractivity contribution in [1.82, 2.24) is 10.6 Å². The highest BCUT2D eigenvalue weighted by atomic mass is 16.5. The van der Waals surface area contributed by atoms with E-state index >= 15 is 0 Å². The van der Waals surface area contributed by atoms with Gasteiger partial charge in [0.2, 0.25) is 0 Å². The molecule has 0 atom stereocenters. The van der Waals surface area contributed by atoms with Crippen LogP contribution in [0.15, 0.2) is 18.2 Å². The fraction of sp³-hybridized carbons (Fsp3) is 0.556. The Morgan fingerprint density at radius 1 is 1.24 bits per heavy atom. The number of hydrogen-bond donors (Lipinski definition) is 3. The second kappa shape index (κ2) is 10.0. The lowest BCUT2D eigenvalue weighted by Gasteiger charge is -2.22. The third-order valence-corrected chi connectivity index (χ3v) is 4.22. The smallest absolute Gasteiger partial charge is 0.319 e. The van der Waals surface area contributed by atoms with Crippen LogP contribution in [0.2, 0.25) is 0 Å². The lowest BCUT2D eigenvalue weighted by atomic mass is 10.0. The van der Waals surface area contributed by atoms with Gasteiger partial charge in [0.1, 0.15) is 0 Å². The number of nitrogens with one attached hydrogen (secondary N) is 3. The molecule has 1 aliphatic heterocycles. The van der Waals surface area contributed by atoms with Gasteiger partial charge >= 0.3 is 6.03 Å². The summed E-state index contributed by atoms with van der Waals surface area (Å²) in [6.45, 7) is 4.97. The molecule has 0 saturated carbocycles. The van der Waals surface area contributed by atoms with Gasteiger partial charge in [0.15, 0.2) is 0 Å². The molecule has 1 saturated heterocycles. The summed E-state index contributed by atoms with van der Waals surface area (Å²) in [5.41, 5.74) is 2.08. The first-order valence-corrected chi connectivity index (χ1v) is 8.60. The van der Waals surface area contributed by atoms with E-state index in [9.17, 15) is 9.59 Å². The average molecular weight is 349 g/mol. The summed E-state index contributed by atoms with van der Waals surface area (Å²) in [4.78, 5) is 24.1. The molecule has 1 aromatic carbocycles. The number of methoxy groups -OCH3 is 1. The first kappa shape index (κ1) is 19.2. The standard InChI is InChI=1S/C18H27N3O4/c1-13-11-15(17(22)19-7-10-24-2)3-4-16(13)21-18(23)20-12-14-5-8-25-9-6-14/h3-4,11,14H,5-10,12H2,1-2H3,(H,19,22)(H2,20,21,23). The minimum Gasteiger partial charge on any atom is -0.383 e.